The van der Waals surface area contributed by atoms with Crippen molar-refractivity contribution in [1.29, 1.82) is 0 Å². The number of aliphatic carboxylic acids is 1. The SMILES string of the molecule is Cc1ccc(C[C@H](N)CC(=O)O)cc1. The third kappa shape index (κ3) is 3.58. The van der Waals surface area contributed by atoms with Crippen molar-refractivity contribution in [1.82, 2.24) is 0 Å². The van der Waals surface area contributed by atoms with Gasteiger partial charge in [-0.05, 0) is 18.9 Å². The molecular formula is C11H15NO2. The molecule has 1 atom stereocenters. The second-order valence-electron chi connectivity index (χ2n) is 3.55. The number of benzene rings is 1. The van der Waals surface area contributed by atoms with E-state index in [1.54, 1.807) is 0 Å². The van der Waals surface area contributed by atoms with Gasteiger partial charge < -0.3 is 10.8 Å². The molecule has 3 heteroatoms. The fourth-order valence-corrected chi connectivity index (χ4v) is 1.32. The van der Waals surface area contributed by atoms with E-state index in [0.717, 1.165) is 5.56 Å². The zero-order chi connectivity index (χ0) is 10.6. The van der Waals surface area contributed by atoms with Crippen LogP contribution >= 0.6 is 0 Å². The highest BCUT2D eigenvalue weighted by atomic mass is 16.4. The second-order valence-corrected chi connectivity index (χ2v) is 3.55. The summed E-state index contributed by atoms with van der Waals surface area (Å²) in [5, 5.41) is 8.53. The van der Waals surface area contributed by atoms with E-state index in [1.807, 2.05) is 31.2 Å². The molecule has 0 aliphatic heterocycles. The Balaban J connectivity index is 2.51. The van der Waals surface area contributed by atoms with Crippen molar-refractivity contribution in [3.05, 3.63) is 35.4 Å². The highest BCUT2D eigenvalue weighted by Gasteiger charge is 2.08. The molecule has 76 valence electrons. The molecule has 1 rings (SSSR count). The maximum Gasteiger partial charge on any atom is 0.304 e. The van der Waals surface area contributed by atoms with Crippen molar-refractivity contribution in [2.75, 3.05) is 0 Å². The predicted molar refractivity (Wildman–Crippen MR) is 55.1 cm³/mol. The number of hydrogen-bond acceptors (Lipinski definition) is 2. The van der Waals surface area contributed by atoms with Crippen molar-refractivity contribution in [2.45, 2.75) is 25.8 Å². The summed E-state index contributed by atoms with van der Waals surface area (Å²) in [6.45, 7) is 2.01. The van der Waals surface area contributed by atoms with Gasteiger partial charge in [0, 0.05) is 6.04 Å². The number of hydrogen-bond donors (Lipinski definition) is 2. The van der Waals surface area contributed by atoms with E-state index in [-0.39, 0.29) is 12.5 Å². The molecule has 14 heavy (non-hydrogen) atoms. The third-order valence-electron chi connectivity index (χ3n) is 2.06. The lowest BCUT2D eigenvalue weighted by atomic mass is 10.0. The van der Waals surface area contributed by atoms with Gasteiger partial charge in [0.1, 0.15) is 0 Å². The van der Waals surface area contributed by atoms with E-state index in [4.69, 9.17) is 10.8 Å². The normalized spacial score (nSPS) is 12.4. The molecule has 0 saturated heterocycles. The van der Waals surface area contributed by atoms with Gasteiger partial charge in [-0.1, -0.05) is 29.8 Å². The molecular weight excluding hydrogens is 178 g/mol. The fourth-order valence-electron chi connectivity index (χ4n) is 1.32. The van der Waals surface area contributed by atoms with Crippen LogP contribution < -0.4 is 5.73 Å². The molecule has 0 bridgehead atoms. The summed E-state index contributed by atoms with van der Waals surface area (Å²) in [7, 11) is 0. The van der Waals surface area contributed by atoms with Gasteiger partial charge in [-0.25, -0.2) is 0 Å². The molecule has 3 nitrogen and oxygen atoms in total. The molecule has 1 aromatic rings. The predicted octanol–water partition coefficient (Wildman–Crippen LogP) is 1.34. The minimum absolute atomic E-state index is 0.0217. The maximum absolute atomic E-state index is 10.4. The summed E-state index contributed by atoms with van der Waals surface area (Å²) in [5.74, 6) is -0.843. The minimum atomic E-state index is -0.843. The Kier molecular flexibility index (Phi) is 3.65. The number of nitrogens with two attached hydrogens (primary N) is 1. The molecule has 0 amide bonds. The molecule has 0 unspecified atom stereocenters. The van der Waals surface area contributed by atoms with Crippen molar-refractivity contribution in [3.63, 3.8) is 0 Å². The van der Waals surface area contributed by atoms with Crippen LogP contribution in [0.3, 0.4) is 0 Å². The number of rotatable bonds is 4. The van der Waals surface area contributed by atoms with Crippen molar-refractivity contribution >= 4 is 5.97 Å². The van der Waals surface area contributed by atoms with Crippen molar-refractivity contribution < 1.29 is 9.90 Å². The van der Waals surface area contributed by atoms with E-state index in [1.165, 1.54) is 5.56 Å². The Bertz CT molecular complexity index is 306. The van der Waals surface area contributed by atoms with E-state index < -0.39 is 5.97 Å². The molecule has 0 saturated carbocycles. The molecule has 1 aromatic carbocycles. The summed E-state index contributed by atoms with van der Waals surface area (Å²) in [6, 6.07) is 7.68. The summed E-state index contributed by atoms with van der Waals surface area (Å²) in [4.78, 5) is 10.4. The molecule has 3 N–H and O–H groups in total. The minimum Gasteiger partial charge on any atom is -0.481 e. The lowest BCUT2D eigenvalue weighted by Gasteiger charge is -2.08. The second kappa shape index (κ2) is 4.77. The number of carbonyl (C=O) groups is 1. The Labute approximate surface area is 83.6 Å². The largest absolute Gasteiger partial charge is 0.481 e. The first-order chi connectivity index (χ1) is 6.58. The van der Waals surface area contributed by atoms with Crippen molar-refractivity contribution in [2.24, 2.45) is 5.73 Å². The highest BCUT2D eigenvalue weighted by molar-refractivity contribution is 5.67. The van der Waals surface area contributed by atoms with Gasteiger partial charge in [-0.2, -0.15) is 0 Å². The van der Waals surface area contributed by atoms with E-state index in [2.05, 4.69) is 0 Å². The Morgan fingerprint density at radius 2 is 2.00 bits per heavy atom. The smallest absolute Gasteiger partial charge is 0.304 e. The molecule has 0 radical (unpaired) electrons. The average molecular weight is 193 g/mol. The Morgan fingerprint density at radius 3 is 2.50 bits per heavy atom. The van der Waals surface area contributed by atoms with Crippen LogP contribution in [0.4, 0.5) is 0 Å². The number of carboxylic acid groups (broad SMARTS) is 1. The fraction of sp³-hybridized carbons (Fsp3) is 0.364. The first-order valence-electron chi connectivity index (χ1n) is 4.61. The molecule has 0 aliphatic rings. The van der Waals surface area contributed by atoms with Gasteiger partial charge in [0.05, 0.1) is 6.42 Å². The van der Waals surface area contributed by atoms with Crippen LogP contribution in [0.1, 0.15) is 17.5 Å². The molecule has 0 aromatic heterocycles. The summed E-state index contributed by atoms with van der Waals surface area (Å²) in [5.41, 5.74) is 7.95. The summed E-state index contributed by atoms with van der Waals surface area (Å²) >= 11 is 0. The zero-order valence-electron chi connectivity index (χ0n) is 8.23. The zero-order valence-corrected chi connectivity index (χ0v) is 8.23. The van der Waals surface area contributed by atoms with Crippen LogP contribution in [0.5, 0.6) is 0 Å². The van der Waals surface area contributed by atoms with Gasteiger partial charge in [-0.15, -0.1) is 0 Å². The van der Waals surface area contributed by atoms with Crippen LogP contribution in [0.15, 0.2) is 24.3 Å². The average Bonchev–Trinajstić information content (AvgIpc) is 2.07. The van der Waals surface area contributed by atoms with Gasteiger partial charge >= 0.3 is 5.97 Å². The Hall–Kier alpha value is -1.35. The first kappa shape index (κ1) is 10.7. The van der Waals surface area contributed by atoms with Gasteiger partial charge in [-0.3, -0.25) is 4.79 Å². The quantitative estimate of drug-likeness (QED) is 0.758. The standard InChI is InChI=1S/C11H15NO2/c1-8-2-4-9(5-3-8)6-10(12)7-11(13)14/h2-5,10H,6-7,12H2,1H3,(H,13,14)/t10-/m0/s1. The Morgan fingerprint density at radius 1 is 1.43 bits per heavy atom. The molecule has 0 spiro atoms. The molecule has 0 aliphatic carbocycles. The lowest BCUT2D eigenvalue weighted by Crippen LogP contribution is -2.26. The van der Waals surface area contributed by atoms with Crippen LogP contribution in [0, 0.1) is 6.92 Å². The number of carboxylic acids is 1. The number of aryl methyl sites for hydroxylation is 1. The topological polar surface area (TPSA) is 63.3 Å². The van der Waals surface area contributed by atoms with E-state index in [9.17, 15) is 4.79 Å². The molecule has 0 fully saturated rings. The van der Waals surface area contributed by atoms with Crippen LogP contribution in [0.2, 0.25) is 0 Å². The highest BCUT2D eigenvalue weighted by Crippen LogP contribution is 2.06. The van der Waals surface area contributed by atoms with Gasteiger partial charge in [0.25, 0.3) is 0 Å². The third-order valence-corrected chi connectivity index (χ3v) is 2.06. The van der Waals surface area contributed by atoms with Crippen LogP contribution in [0.25, 0.3) is 0 Å². The maximum atomic E-state index is 10.4. The van der Waals surface area contributed by atoms with Crippen molar-refractivity contribution in [3.8, 4) is 0 Å². The summed E-state index contributed by atoms with van der Waals surface area (Å²) in [6.07, 6.45) is 0.639. The van der Waals surface area contributed by atoms with Gasteiger partial charge in [0.2, 0.25) is 0 Å². The summed E-state index contributed by atoms with van der Waals surface area (Å²) < 4.78 is 0. The first-order valence-corrected chi connectivity index (χ1v) is 4.61. The monoisotopic (exact) mass is 193 g/mol. The van der Waals surface area contributed by atoms with E-state index in [0.29, 0.717) is 6.42 Å². The lowest BCUT2D eigenvalue weighted by molar-refractivity contribution is -0.137. The van der Waals surface area contributed by atoms with E-state index >= 15 is 0 Å². The van der Waals surface area contributed by atoms with Crippen LogP contribution in [-0.2, 0) is 11.2 Å². The molecule has 0 heterocycles. The van der Waals surface area contributed by atoms with Crippen LogP contribution in [-0.4, -0.2) is 17.1 Å². The van der Waals surface area contributed by atoms with Gasteiger partial charge in [0.15, 0.2) is 0 Å².